The second-order valence-electron chi connectivity index (χ2n) is 6.03. The Balaban J connectivity index is 1.53. The van der Waals surface area contributed by atoms with E-state index in [9.17, 15) is 18.4 Å². The zero-order chi connectivity index (χ0) is 19.9. The van der Waals surface area contributed by atoms with Gasteiger partial charge in [0.2, 0.25) is 0 Å². The van der Waals surface area contributed by atoms with Crippen molar-refractivity contribution in [1.29, 1.82) is 0 Å². The van der Waals surface area contributed by atoms with E-state index in [2.05, 4.69) is 5.32 Å². The molecule has 0 spiro atoms. The summed E-state index contributed by atoms with van der Waals surface area (Å²) in [6.07, 6.45) is 0. The number of amides is 1. The molecule has 0 aliphatic carbocycles. The SMILES string of the molecule is O=C(CNC(=O)c1ccc(-c2ccc(F)cc2F)cc1)OCc1ccccc1. The minimum absolute atomic E-state index is 0.132. The van der Waals surface area contributed by atoms with Crippen molar-refractivity contribution in [2.24, 2.45) is 0 Å². The molecule has 0 unspecified atom stereocenters. The standard InChI is InChI=1S/C22H17F2NO3/c23-18-10-11-19(20(24)12-18)16-6-8-17(9-7-16)22(27)25-13-21(26)28-14-15-4-2-1-3-5-15/h1-12H,13-14H2,(H,25,27). The average Bonchev–Trinajstić information content (AvgIpc) is 2.71. The minimum atomic E-state index is -0.682. The predicted molar refractivity (Wildman–Crippen MR) is 100 cm³/mol. The number of carbonyl (C=O) groups is 2. The molecule has 0 atom stereocenters. The number of ether oxygens (including phenoxy) is 1. The Morgan fingerprint density at radius 3 is 2.29 bits per heavy atom. The summed E-state index contributed by atoms with van der Waals surface area (Å²) in [6, 6.07) is 18.6. The zero-order valence-electron chi connectivity index (χ0n) is 14.8. The molecule has 3 aromatic carbocycles. The quantitative estimate of drug-likeness (QED) is 0.654. The molecule has 0 radical (unpaired) electrons. The maximum absolute atomic E-state index is 13.8. The summed E-state index contributed by atoms with van der Waals surface area (Å²) >= 11 is 0. The van der Waals surface area contributed by atoms with Crippen molar-refractivity contribution in [2.45, 2.75) is 6.61 Å². The van der Waals surface area contributed by atoms with Crippen LogP contribution in [0.2, 0.25) is 0 Å². The summed E-state index contributed by atoms with van der Waals surface area (Å²) in [5.41, 5.74) is 1.90. The van der Waals surface area contributed by atoms with Crippen molar-refractivity contribution in [3.8, 4) is 11.1 Å². The number of nitrogens with one attached hydrogen (secondary N) is 1. The van der Waals surface area contributed by atoms with Crippen molar-refractivity contribution in [3.05, 3.63) is 95.6 Å². The van der Waals surface area contributed by atoms with Crippen LogP contribution in [0.5, 0.6) is 0 Å². The maximum atomic E-state index is 13.8. The first-order valence-corrected chi connectivity index (χ1v) is 8.56. The summed E-state index contributed by atoms with van der Waals surface area (Å²) in [5.74, 6) is -2.35. The lowest BCUT2D eigenvalue weighted by Gasteiger charge is -2.08. The molecular formula is C22H17F2NO3. The van der Waals surface area contributed by atoms with Crippen LogP contribution in [0.1, 0.15) is 15.9 Å². The molecule has 3 aromatic rings. The summed E-state index contributed by atoms with van der Waals surface area (Å²) in [6.45, 7) is -0.131. The van der Waals surface area contributed by atoms with Crippen molar-refractivity contribution in [3.63, 3.8) is 0 Å². The van der Waals surface area contributed by atoms with Crippen LogP contribution in [0.15, 0.2) is 72.8 Å². The van der Waals surface area contributed by atoms with Gasteiger partial charge in [-0.25, -0.2) is 8.78 Å². The van der Waals surface area contributed by atoms with Crippen LogP contribution in [0.4, 0.5) is 8.78 Å². The molecule has 28 heavy (non-hydrogen) atoms. The first-order chi connectivity index (χ1) is 13.5. The molecule has 0 saturated heterocycles. The van der Waals surface area contributed by atoms with Crippen molar-refractivity contribution in [1.82, 2.24) is 5.32 Å². The van der Waals surface area contributed by atoms with Gasteiger partial charge in [0.1, 0.15) is 24.8 Å². The third-order valence-corrected chi connectivity index (χ3v) is 4.03. The van der Waals surface area contributed by atoms with Gasteiger partial charge >= 0.3 is 5.97 Å². The molecule has 1 amide bonds. The third kappa shape index (κ3) is 5.01. The van der Waals surface area contributed by atoms with E-state index in [1.54, 1.807) is 12.1 Å². The Hall–Kier alpha value is -3.54. The van der Waals surface area contributed by atoms with Crippen LogP contribution < -0.4 is 5.32 Å². The molecule has 6 heteroatoms. The lowest BCUT2D eigenvalue weighted by molar-refractivity contribution is -0.143. The van der Waals surface area contributed by atoms with Gasteiger partial charge in [0.05, 0.1) is 0 Å². The Labute approximate surface area is 160 Å². The first-order valence-electron chi connectivity index (χ1n) is 8.56. The number of benzene rings is 3. The molecule has 1 N–H and O–H groups in total. The van der Waals surface area contributed by atoms with Crippen LogP contribution in [0, 0.1) is 11.6 Å². The van der Waals surface area contributed by atoms with Crippen LogP contribution in [0.3, 0.4) is 0 Å². The normalized spacial score (nSPS) is 10.4. The number of rotatable bonds is 6. The number of carbonyl (C=O) groups excluding carboxylic acids is 2. The number of hydrogen-bond donors (Lipinski definition) is 1. The first kappa shape index (κ1) is 19.2. The van der Waals surface area contributed by atoms with E-state index >= 15 is 0 Å². The van der Waals surface area contributed by atoms with Gasteiger partial charge in [-0.1, -0.05) is 42.5 Å². The summed E-state index contributed by atoms with van der Waals surface area (Å²) in [5, 5.41) is 2.48. The smallest absolute Gasteiger partial charge is 0.325 e. The molecular weight excluding hydrogens is 364 g/mol. The molecule has 0 saturated carbocycles. The van der Waals surface area contributed by atoms with Gasteiger partial charge in [-0.05, 0) is 35.4 Å². The van der Waals surface area contributed by atoms with Gasteiger partial charge < -0.3 is 10.1 Å². The third-order valence-electron chi connectivity index (χ3n) is 4.03. The van der Waals surface area contributed by atoms with E-state index < -0.39 is 23.5 Å². The topological polar surface area (TPSA) is 55.4 Å². The van der Waals surface area contributed by atoms with E-state index in [0.29, 0.717) is 11.1 Å². The van der Waals surface area contributed by atoms with E-state index in [1.165, 1.54) is 24.3 Å². The Morgan fingerprint density at radius 2 is 1.61 bits per heavy atom. The van der Waals surface area contributed by atoms with Gasteiger partial charge in [0.15, 0.2) is 0 Å². The second-order valence-corrected chi connectivity index (χ2v) is 6.03. The molecule has 0 aromatic heterocycles. The summed E-state index contributed by atoms with van der Waals surface area (Å²) < 4.78 is 31.9. The lowest BCUT2D eigenvalue weighted by Crippen LogP contribution is -2.30. The highest BCUT2D eigenvalue weighted by Gasteiger charge is 2.11. The van der Waals surface area contributed by atoms with Gasteiger partial charge in [0.25, 0.3) is 5.91 Å². The van der Waals surface area contributed by atoms with E-state index in [1.807, 2.05) is 30.3 Å². The Morgan fingerprint density at radius 1 is 0.893 bits per heavy atom. The van der Waals surface area contributed by atoms with Gasteiger partial charge in [-0.2, -0.15) is 0 Å². The van der Waals surface area contributed by atoms with Gasteiger partial charge in [-0.3, -0.25) is 9.59 Å². The van der Waals surface area contributed by atoms with Crippen LogP contribution in [0.25, 0.3) is 11.1 Å². The zero-order valence-corrected chi connectivity index (χ0v) is 14.8. The number of esters is 1. The second kappa shape index (κ2) is 8.90. The van der Waals surface area contributed by atoms with Crippen molar-refractivity contribution >= 4 is 11.9 Å². The molecule has 142 valence electrons. The molecule has 0 bridgehead atoms. The summed E-state index contributed by atoms with van der Waals surface area (Å²) in [4.78, 5) is 23.9. The number of hydrogen-bond acceptors (Lipinski definition) is 3. The average molecular weight is 381 g/mol. The molecule has 0 fully saturated rings. The van der Waals surface area contributed by atoms with Crippen molar-refractivity contribution in [2.75, 3.05) is 6.54 Å². The van der Waals surface area contributed by atoms with E-state index in [-0.39, 0.29) is 18.7 Å². The Kier molecular flexibility index (Phi) is 6.11. The maximum Gasteiger partial charge on any atom is 0.325 e. The van der Waals surface area contributed by atoms with Crippen LogP contribution in [-0.2, 0) is 16.1 Å². The lowest BCUT2D eigenvalue weighted by atomic mass is 10.0. The molecule has 0 aliphatic rings. The predicted octanol–water partition coefficient (Wildman–Crippen LogP) is 4.11. The summed E-state index contributed by atoms with van der Waals surface area (Å²) in [7, 11) is 0. The van der Waals surface area contributed by atoms with E-state index in [4.69, 9.17) is 4.74 Å². The fraction of sp³-hybridized carbons (Fsp3) is 0.0909. The monoisotopic (exact) mass is 381 g/mol. The van der Waals surface area contributed by atoms with Crippen LogP contribution >= 0.6 is 0 Å². The van der Waals surface area contributed by atoms with Gasteiger partial charge in [0, 0.05) is 17.2 Å². The van der Waals surface area contributed by atoms with Gasteiger partial charge in [-0.15, -0.1) is 0 Å². The molecule has 4 nitrogen and oxygen atoms in total. The largest absolute Gasteiger partial charge is 0.460 e. The van der Waals surface area contributed by atoms with Crippen molar-refractivity contribution < 1.29 is 23.1 Å². The highest BCUT2D eigenvalue weighted by molar-refractivity contribution is 5.96. The molecule has 0 aliphatic heterocycles. The highest BCUT2D eigenvalue weighted by atomic mass is 19.1. The Bertz CT molecular complexity index is 973. The fourth-order valence-electron chi connectivity index (χ4n) is 2.57. The fourth-order valence-corrected chi connectivity index (χ4v) is 2.57. The minimum Gasteiger partial charge on any atom is -0.460 e. The molecule has 3 rings (SSSR count). The van der Waals surface area contributed by atoms with E-state index in [0.717, 1.165) is 11.6 Å². The highest BCUT2D eigenvalue weighted by Crippen LogP contribution is 2.23. The molecule has 0 heterocycles. The van der Waals surface area contributed by atoms with Crippen LogP contribution in [-0.4, -0.2) is 18.4 Å². The number of halogens is 2.